The van der Waals surface area contributed by atoms with Crippen LogP contribution in [-0.2, 0) is 17.9 Å². The van der Waals surface area contributed by atoms with E-state index in [1.807, 2.05) is 30.3 Å². The van der Waals surface area contributed by atoms with Crippen LogP contribution < -0.4 is 16.2 Å². The van der Waals surface area contributed by atoms with Gasteiger partial charge in [0.1, 0.15) is 12.1 Å². The summed E-state index contributed by atoms with van der Waals surface area (Å²) in [5, 5.41) is 5.66. The molecule has 1 unspecified atom stereocenters. The van der Waals surface area contributed by atoms with Crippen LogP contribution in [0, 0.1) is 0 Å². The first-order valence-electron chi connectivity index (χ1n) is 10.0. The summed E-state index contributed by atoms with van der Waals surface area (Å²) in [5.41, 5.74) is 0.577. The molecule has 1 aliphatic rings. The molecule has 1 aromatic carbocycles. The number of nitrogens with zero attached hydrogens (tertiary/aromatic N) is 2. The third-order valence-corrected chi connectivity index (χ3v) is 5.33. The minimum absolute atomic E-state index is 0.0572. The Bertz CT molecular complexity index is 894. The highest BCUT2D eigenvalue weighted by atomic mass is 16.2. The average molecular weight is 396 g/mol. The van der Waals surface area contributed by atoms with Crippen LogP contribution in [0.2, 0.25) is 0 Å². The van der Waals surface area contributed by atoms with Gasteiger partial charge < -0.3 is 20.1 Å². The van der Waals surface area contributed by atoms with E-state index in [-0.39, 0.29) is 18.0 Å². The van der Waals surface area contributed by atoms with Crippen molar-refractivity contribution >= 4 is 11.8 Å². The molecule has 2 aromatic rings. The summed E-state index contributed by atoms with van der Waals surface area (Å²) >= 11 is 0. The van der Waals surface area contributed by atoms with Gasteiger partial charge in [-0.15, -0.1) is 0 Å². The number of hydrogen-bond acceptors (Lipinski definition) is 4. The fourth-order valence-corrected chi connectivity index (χ4v) is 3.55. The van der Waals surface area contributed by atoms with Crippen LogP contribution in [-0.4, -0.2) is 47.5 Å². The van der Waals surface area contributed by atoms with Crippen LogP contribution in [0.15, 0.2) is 53.5 Å². The van der Waals surface area contributed by atoms with Crippen LogP contribution in [0.25, 0.3) is 0 Å². The molecule has 1 saturated heterocycles. The van der Waals surface area contributed by atoms with E-state index in [4.69, 9.17) is 0 Å². The molecule has 1 atom stereocenters. The molecule has 29 heavy (non-hydrogen) atoms. The molecule has 7 heteroatoms. The Balaban J connectivity index is 1.57. The van der Waals surface area contributed by atoms with Gasteiger partial charge in [0.25, 0.3) is 11.5 Å². The van der Waals surface area contributed by atoms with E-state index in [0.717, 1.165) is 24.9 Å². The van der Waals surface area contributed by atoms with Crippen molar-refractivity contribution in [2.45, 2.75) is 38.4 Å². The number of benzene rings is 1. The van der Waals surface area contributed by atoms with E-state index in [0.29, 0.717) is 19.1 Å². The molecule has 0 saturated carbocycles. The molecule has 3 rings (SSSR count). The second kappa shape index (κ2) is 10.0. The van der Waals surface area contributed by atoms with Crippen LogP contribution in [0.5, 0.6) is 0 Å². The first kappa shape index (κ1) is 20.8. The van der Waals surface area contributed by atoms with Crippen molar-refractivity contribution in [3.63, 3.8) is 0 Å². The Kier molecular flexibility index (Phi) is 7.19. The topological polar surface area (TPSA) is 83.4 Å². The van der Waals surface area contributed by atoms with Gasteiger partial charge in [-0.2, -0.15) is 0 Å². The highest BCUT2D eigenvalue weighted by Gasteiger charge is 2.20. The summed E-state index contributed by atoms with van der Waals surface area (Å²) in [4.78, 5) is 39.6. The van der Waals surface area contributed by atoms with Crippen molar-refractivity contribution in [1.29, 1.82) is 0 Å². The van der Waals surface area contributed by atoms with Crippen molar-refractivity contribution in [3.8, 4) is 0 Å². The first-order valence-corrected chi connectivity index (χ1v) is 10.0. The highest BCUT2D eigenvalue weighted by Crippen LogP contribution is 2.14. The zero-order valence-corrected chi connectivity index (χ0v) is 16.8. The van der Waals surface area contributed by atoms with Crippen molar-refractivity contribution < 1.29 is 9.59 Å². The Hall–Kier alpha value is -2.93. The van der Waals surface area contributed by atoms with Gasteiger partial charge in [-0.3, -0.25) is 14.4 Å². The van der Waals surface area contributed by atoms with E-state index in [9.17, 15) is 14.4 Å². The fraction of sp³-hybridized carbons (Fsp3) is 0.409. The lowest BCUT2D eigenvalue weighted by Gasteiger charge is -2.32. The number of likely N-dealkylation sites (N-methyl/N-ethyl adjacent to an activating group) is 1. The molecule has 2 N–H and O–H groups in total. The third kappa shape index (κ3) is 5.77. The second-order valence-electron chi connectivity index (χ2n) is 7.46. The maximum atomic E-state index is 12.6. The fourth-order valence-electron chi connectivity index (χ4n) is 3.55. The number of aromatic nitrogens is 1. The monoisotopic (exact) mass is 396 g/mol. The zero-order valence-electron chi connectivity index (χ0n) is 16.8. The molecule has 2 amide bonds. The van der Waals surface area contributed by atoms with Gasteiger partial charge in [0.2, 0.25) is 5.91 Å². The standard InChI is InChI=1S/C22H28N4O3/c1-25-12-6-5-10-18(25)15-24-21(28)19-11-7-13-26(22(19)29)16-20(27)23-14-17-8-3-2-4-9-17/h2-4,7-9,11,13,18H,5-6,10,12,14-16H2,1H3,(H,23,27)(H,24,28). The average Bonchev–Trinajstić information content (AvgIpc) is 2.74. The van der Waals surface area contributed by atoms with Crippen molar-refractivity contribution in [3.05, 3.63) is 70.1 Å². The molecule has 0 bridgehead atoms. The van der Waals surface area contributed by atoms with Crippen LogP contribution >= 0.6 is 0 Å². The summed E-state index contributed by atoms with van der Waals surface area (Å²) in [7, 11) is 2.06. The van der Waals surface area contributed by atoms with Crippen LogP contribution in [0.1, 0.15) is 35.2 Å². The van der Waals surface area contributed by atoms with E-state index in [2.05, 4.69) is 22.6 Å². The largest absolute Gasteiger partial charge is 0.350 e. The number of amides is 2. The second-order valence-corrected chi connectivity index (χ2v) is 7.46. The summed E-state index contributed by atoms with van der Waals surface area (Å²) in [6.45, 7) is 1.81. The molecular formula is C22H28N4O3. The molecule has 0 spiro atoms. The summed E-state index contributed by atoms with van der Waals surface area (Å²) < 4.78 is 1.27. The summed E-state index contributed by atoms with van der Waals surface area (Å²) in [5.74, 6) is -0.676. The van der Waals surface area contributed by atoms with Gasteiger partial charge in [-0.25, -0.2) is 0 Å². The smallest absolute Gasteiger partial charge is 0.263 e. The van der Waals surface area contributed by atoms with Crippen molar-refractivity contribution in [2.24, 2.45) is 0 Å². The minimum Gasteiger partial charge on any atom is -0.350 e. The number of hydrogen-bond donors (Lipinski definition) is 2. The highest BCUT2D eigenvalue weighted by molar-refractivity contribution is 5.93. The maximum Gasteiger partial charge on any atom is 0.263 e. The summed E-state index contributed by atoms with van der Waals surface area (Å²) in [6, 6.07) is 13.0. The van der Waals surface area contributed by atoms with Gasteiger partial charge in [-0.05, 0) is 44.1 Å². The first-order chi connectivity index (χ1) is 14.0. The Morgan fingerprint density at radius 1 is 1.07 bits per heavy atom. The predicted octanol–water partition coefficient (Wildman–Crippen LogP) is 1.38. The Labute approximate surface area is 170 Å². The molecule has 154 valence electrons. The van der Waals surface area contributed by atoms with Crippen molar-refractivity contribution in [1.82, 2.24) is 20.1 Å². The van der Waals surface area contributed by atoms with Gasteiger partial charge >= 0.3 is 0 Å². The minimum atomic E-state index is -0.461. The van der Waals surface area contributed by atoms with Crippen LogP contribution in [0.4, 0.5) is 0 Å². The number of piperidine rings is 1. The van der Waals surface area contributed by atoms with E-state index in [1.54, 1.807) is 6.07 Å². The lowest BCUT2D eigenvalue weighted by molar-refractivity contribution is -0.121. The third-order valence-electron chi connectivity index (χ3n) is 5.33. The van der Waals surface area contributed by atoms with Gasteiger partial charge in [0.05, 0.1) is 0 Å². The SMILES string of the molecule is CN1CCCCC1CNC(=O)c1cccn(CC(=O)NCc2ccccc2)c1=O. The van der Waals surface area contributed by atoms with Gasteiger partial charge in [-0.1, -0.05) is 36.8 Å². The number of pyridine rings is 1. The predicted molar refractivity (Wildman–Crippen MR) is 112 cm³/mol. The van der Waals surface area contributed by atoms with Gasteiger partial charge in [0.15, 0.2) is 0 Å². The van der Waals surface area contributed by atoms with E-state index in [1.165, 1.54) is 23.3 Å². The molecule has 1 aromatic heterocycles. The zero-order chi connectivity index (χ0) is 20.6. The van der Waals surface area contributed by atoms with Crippen molar-refractivity contribution in [2.75, 3.05) is 20.1 Å². The molecule has 0 radical (unpaired) electrons. The maximum absolute atomic E-state index is 12.6. The summed E-state index contributed by atoms with van der Waals surface area (Å²) in [6.07, 6.45) is 4.89. The Morgan fingerprint density at radius 3 is 2.62 bits per heavy atom. The lowest BCUT2D eigenvalue weighted by atomic mass is 10.0. The lowest BCUT2D eigenvalue weighted by Crippen LogP contribution is -2.45. The van der Waals surface area contributed by atoms with E-state index < -0.39 is 11.5 Å². The number of rotatable bonds is 7. The normalized spacial score (nSPS) is 16.9. The molecule has 2 heterocycles. The molecule has 7 nitrogen and oxygen atoms in total. The molecule has 0 aliphatic carbocycles. The Morgan fingerprint density at radius 2 is 1.86 bits per heavy atom. The molecule has 1 aliphatic heterocycles. The molecular weight excluding hydrogens is 368 g/mol. The number of carbonyl (C=O) groups is 2. The molecule has 1 fully saturated rings. The number of likely N-dealkylation sites (tertiary alicyclic amines) is 1. The number of nitrogens with one attached hydrogen (secondary N) is 2. The van der Waals surface area contributed by atoms with Crippen LogP contribution in [0.3, 0.4) is 0 Å². The number of carbonyl (C=O) groups excluding carboxylic acids is 2. The van der Waals surface area contributed by atoms with E-state index >= 15 is 0 Å². The van der Waals surface area contributed by atoms with Gasteiger partial charge in [0, 0.05) is 25.3 Å². The quantitative estimate of drug-likeness (QED) is 0.741.